The molecule has 1 aliphatic rings. The van der Waals surface area contributed by atoms with Crippen molar-refractivity contribution >= 4 is 16.9 Å². The van der Waals surface area contributed by atoms with Gasteiger partial charge in [-0.2, -0.15) is 0 Å². The third-order valence-electron chi connectivity index (χ3n) is 3.43. The molecule has 2 aromatic heterocycles. The van der Waals surface area contributed by atoms with Crippen molar-refractivity contribution in [1.29, 1.82) is 0 Å². The molecule has 1 aliphatic carbocycles. The average molecular weight is 246 g/mol. The molecule has 2 heterocycles. The Labute approximate surface area is 106 Å². The number of pyridine rings is 1. The maximum absolute atomic E-state index is 6.00. The molecule has 5 heteroatoms. The predicted molar refractivity (Wildman–Crippen MR) is 70.3 cm³/mol. The molecule has 3 N–H and O–H groups in total. The van der Waals surface area contributed by atoms with Crippen molar-refractivity contribution in [3.8, 4) is 0 Å². The number of ether oxygens (including phenoxy) is 1. The highest BCUT2D eigenvalue weighted by Gasteiger charge is 2.19. The molecule has 0 fully saturated rings. The number of aromatic nitrogens is 3. The number of hydrogen-bond acceptors (Lipinski definition) is 4. The van der Waals surface area contributed by atoms with Crippen molar-refractivity contribution in [3.63, 3.8) is 0 Å². The molecule has 0 unspecified atom stereocenters. The molecule has 0 saturated heterocycles. The van der Waals surface area contributed by atoms with Crippen molar-refractivity contribution < 1.29 is 4.74 Å². The van der Waals surface area contributed by atoms with E-state index < -0.39 is 0 Å². The summed E-state index contributed by atoms with van der Waals surface area (Å²) in [6.45, 7) is 3.16. The predicted octanol–water partition coefficient (Wildman–Crippen LogP) is 1.96. The molecule has 96 valence electrons. The first kappa shape index (κ1) is 11.5. The van der Waals surface area contributed by atoms with Crippen molar-refractivity contribution in [2.24, 2.45) is 0 Å². The molecular weight excluding hydrogens is 228 g/mol. The third kappa shape index (κ3) is 1.84. The number of anilines is 1. The zero-order valence-corrected chi connectivity index (χ0v) is 10.6. The highest BCUT2D eigenvalue weighted by Crippen LogP contribution is 2.29. The van der Waals surface area contributed by atoms with Crippen LogP contribution in [0.2, 0.25) is 0 Å². The van der Waals surface area contributed by atoms with Gasteiger partial charge in [-0.05, 0) is 32.6 Å². The van der Waals surface area contributed by atoms with E-state index in [2.05, 4.69) is 15.0 Å². The van der Waals surface area contributed by atoms with Gasteiger partial charge in [-0.3, -0.25) is 0 Å². The number of nitrogen functional groups attached to an aromatic ring is 1. The minimum absolute atomic E-state index is 0.499. The maximum atomic E-state index is 6.00. The number of aryl methyl sites for hydroxylation is 2. The number of H-pyrrole nitrogens is 1. The van der Waals surface area contributed by atoms with Crippen LogP contribution in [-0.4, -0.2) is 21.6 Å². The van der Waals surface area contributed by atoms with Crippen molar-refractivity contribution in [2.45, 2.75) is 39.2 Å². The van der Waals surface area contributed by atoms with Crippen LogP contribution in [0, 0.1) is 0 Å². The van der Waals surface area contributed by atoms with Gasteiger partial charge in [0, 0.05) is 17.9 Å². The van der Waals surface area contributed by atoms with E-state index in [1.165, 1.54) is 18.4 Å². The Balaban J connectivity index is 2.10. The lowest BCUT2D eigenvalue weighted by molar-refractivity contribution is 0.129. The minimum Gasteiger partial charge on any atom is -0.382 e. The molecular formula is C13H18N4O. The molecule has 2 aromatic rings. The van der Waals surface area contributed by atoms with E-state index in [0.717, 1.165) is 35.4 Å². The van der Waals surface area contributed by atoms with Gasteiger partial charge in [0.2, 0.25) is 0 Å². The normalized spacial score (nSPS) is 14.9. The lowest BCUT2D eigenvalue weighted by atomic mass is 9.95. The third-order valence-corrected chi connectivity index (χ3v) is 3.43. The van der Waals surface area contributed by atoms with Gasteiger partial charge >= 0.3 is 0 Å². The number of aromatic amines is 1. The van der Waals surface area contributed by atoms with Gasteiger partial charge in [0.05, 0.1) is 5.52 Å². The van der Waals surface area contributed by atoms with Gasteiger partial charge in [-0.1, -0.05) is 0 Å². The van der Waals surface area contributed by atoms with Gasteiger partial charge < -0.3 is 15.5 Å². The fourth-order valence-electron chi connectivity index (χ4n) is 2.56. The maximum Gasteiger partial charge on any atom is 0.149 e. The number of fused-ring (bicyclic) bond motifs is 3. The lowest BCUT2D eigenvalue weighted by Crippen LogP contribution is -2.08. The topological polar surface area (TPSA) is 76.8 Å². The molecule has 3 rings (SSSR count). The Morgan fingerprint density at radius 1 is 1.28 bits per heavy atom. The summed E-state index contributed by atoms with van der Waals surface area (Å²) in [6.07, 6.45) is 4.48. The SMILES string of the molecule is CCOCc1nc2c3c(nc(N)c2[nH]1)CCCC3. The first-order valence-corrected chi connectivity index (χ1v) is 6.53. The van der Waals surface area contributed by atoms with Gasteiger partial charge in [0.1, 0.15) is 23.8 Å². The van der Waals surface area contributed by atoms with Crippen LogP contribution in [0.4, 0.5) is 5.82 Å². The smallest absolute Gasteiger partial charge is 0.149 e. The summed E-state index contributed by atoms with van der Waals surface area (Å²) < 4.78 is 5.38. The Morgan fingerprint density at radius 3 is 2.94 bits per heavy atom. The fraction of sp³-hybridized carbons (Fsp3) is 0.538. The van der Waals surface area contributed by atoms with Crippen molar-refractivity contribution in [1.82, 2.24) is 15.0 Å². The minimum atomic E-state index is 0.499. The van der Waals surface area contributed by atoms with Crippen molar-refractivity contribution in [3.05, 3.63) is 17.1 Å². The van der Waals surface area contributed by atoms with Crippen LogP contribution < -0.4 is 5.73 Å². The standard InChI is InChI=1S/C13H18N4O/c1-2-18-7-10-16-11-8-5-3-4-6-9(8)15-13(14)12(11)17-10/h2-7H2,1H3,(H2,14,15)(H,16,17). The second-order valence-electron chi connectivity index (χ2n) is 4.67. The van der Waals surface area contributed by atoms with Crippen LogP contribution in [0.5, 0.6) is 0 Å². The molecule has 0 aromatic carbocycles. The molecule has 0 atom stereocenters. The highest BCUT2D eigenvalue weighted by molar-refractivity contribution is 5.88. The summed E-state index contributed by atoms with van der Waals surface area (Å²) in [7, 11) is 0. The highest BCUT2D eigenvalue weighted by atomic mass is 16.5. The molecule has 0 bridgehead atoms. The number of nitrogens with one attached hydrogen (secondary N) is 1. The van der Waals surface area contributed by atoms with Crippen molar-refractivity contribution in [2.75, 3.05) is 12.3 Å². The Bertz CT molecular complexity index is 576. The number of rotatable bonds is 3. The molecule has 5 nitrogen and oxygen atoms in total. The first-order chi connectivity index (χ1) is 8.79. The summed E-state index contributed by atoms with van der Waals surface area (Å²) >= 11 is 0. The lowest BCUT2D eigenvalue weighted by Gasteiger charge is -2.15. The van der Waals surface area contributed by atoms with Crippen LogP contribution in [0.3, 0.4) is 0 Å². The Kier molecular flexibility index (Phi) is 2.91. The second kappa shape index (κ2) is 4.57. The van der Waals surface area contributed by atoms with E-state index in [-0.39, 0.29) is 0 Å². The van der Waals surface area contributed by atoms with Crippen LogP contribution in [-0.2, 0) is 24.2 Å². The van der Waals surface area contributed by atoms with Crippen LogP contribution >= 0.6 is 0 Å². The molecule has 0 aliphatic heterocycles. The van der Waals surface area contributed by atoms with Crippen LogP contribution in [0.25, 0.3) is 11.0 Å². The quantitative estimate of drug-likeness (QED) is 0.867. The summed E-state index contributed by atoms with van der Waals surface area (Å²) in [4.78, 5) is 12.4. The monoisotopic (exact) mass is 246 g/mol. The van der Waals surface area contributed by atoms with E-state index in [9.17, 15) is 0 Å². The van der Waals surface area contributed by atoms with Crippen LogP contribution in [0.15, 0.2) is 0 Å². The largest absolute Gasteiger partial charge is 0.382 e. The van der Waals surface area contributed by atoms with Crippen LogP contribution in [0.1, 0.15) is 36.8 Å². The summed E-state index contributed by atoms with van der Waals surface area (Å²) in [6, 6.07) is 0. The number of imidazole rings is 1. The summed E-state index contributed by atoms with van der Waals surface area (Å²) in [5.41, 5.74) is 10.3. The first-order valence-electron chi connectivity index (χ1n) is 6.53. The number of nitrogens with two attached hydrogens (primary N) is 1. The van der Waals surface area contributed by atoms with E-state index in [4.69, 9.17) is 10.5 Å². The average Bonchev–Trinajstić information content (AvgIpc) is 2.81. The molecule has 0 saturated carbocycles. The zero-order chi connectivity index (χ0) is 12.5. The molecule has 0 amide bonds. The number of hydrogen-bond donors (Lipinski definition) is 2. The molecule has 0 spiro atoms. The molecule has 18 heavy (non-hydrogen) atoms. The summed E-state index contributed by atoms with van der Waals surface area (Å²) in [5.74, 6) is 1.39. The van der Waals surface area contributed by atoms with Gasteiger partial charge in [-0.15, -0.1) is 0 Å². The van der Waals surface area contributed by atoms with Gasteiger partial charge in [0.25, 0.3) is 0 Å². The van der Waals surface area contributed by atoms with E-state index in [0.29, 0.717) is 19.0 Å². The van der Waals surface area contributed by atoms with E-state index in [1.807, 2.05) is 6.92 Å². The zero-order valence-electron chi connectivity index (χ0n) is 10.6. The summed E-state index contributed by atoms with van der Waals surface area (Å²) in [5, 5.41) is 0. The second-order valence-corrected chi connectivity index (χ2v) is 4.67. The van der Waals surface area contributed by atoms with E-state index in [1.54, 1.807) is 0 Å². The molecule has 0 radical (unpaired) electrons. The fourth-order valence-corrected chi connectivity index (χ4v) is 2.56. The number of nitrogens with zero attached hydrogens (tertiary/aromatic N) is 2. The van der Waals surface area contributed by atoms with E-state index >= 15 is 0 Å². The Morgan fingerprint density at radius 2 is 2.11 bits per heavy atom. The Hall–Kier alpha value is -1.62. The van der Waals surface area contributed by atoms with Gasteiger partial charge in [-0.25, -0.2) is 9.97 Å². The van der Waals surface area contributed by atoms with Gasteiger partial charge in [0.15, 0.2) is 0 Å².